The summed E-state index contributed by atoms with van der Waals surface area (Å²) in [4.78, 5) is 47.5. The minimum atomic E-state index is -0.932. The van der Waals surface area contributed by atoms with Gasteiger partial charge in [0, 0.05) is 81.0 Å². The summed E-state index contributed by atoms with van der Waals surface area (Å²) in [5, 5.41) is 21.3. The Kier molecular flexibility index (Phi) is 9.92. The Morgan fingerprint density at radius 1 is 0.842 bits per heavy atom. The number of amides is 3. The topological polar surface area (TPSA) is 122 Å². The third kappa shape index (κ3) is 7.24. The maximum atomic E-state index is 15.5. The van der Waals surface area contributed by atoms with Crippen LogP contribution in [0.5, 0.6) is 5.75 Å². The van der Waals surface area contributed by atoms with Gasteiger partial charge >= 0.3 is 0 Å². The summed E-state index contributed by atoms with van der Waals surface area (Å²) in [5.74, 6) is -0.100. The van der Waals surface area contributed by atoms with Crippen LogP contribution in [0, 0.1) is 17.2 Å². The smallest absolute Gasteiger partial charge is 0.234 e. The van der Waals surface area contributed by atoms with Crippen molar-refractivity contribution in [2.75, 3.05) is 68.7 Å². The van der Waals surface area contributed by atoms with Gasteiger partial charge in [-0.2, -0.15) is 10.2 Å². The molecule has 1 aromatic heterocycles. The molecule has 5 aliphatic heterocycles. The zero-order valence-electron chi connectivity index (χ0n) is 32.3. The lowest BCUT2D eigenvalue weighted by molar-refractivity contribution is -0.166. The second kappa shape index (κ2) is 15.2. The van der Waals surface area contributed by atoms with E-state index in [0.29, 0.717) is 61.5 Å². The summed E-state index contributed by atoms with van der Waals surface area (Å²) in [6.07, 6.45) is 7.12. The van der Waals surface area contributed by atoms with Crippen LogP contribution in [0.3, 0.4) is 0 Å². The van der Waals surface area contributed by atoms with Crippen molar-refractivity contribution < 1.29 is 23.9 Å². The van der Waals surface area contributed by atoms with Crippen molar-refractivity contribution in [2.45, 2.75) is 56.3 Å². The molecule has 57 heavy (non-hydrogen) atoms. The summed E-state index contributed by atoms with van der Waals surface area (Å²) in [6.45, 7) is 7.69. The first-order chi connectivity index (χ1) is 27.7. The number of anilines is 2. The molecule has 9 rings (SSSR count). The van der Waals surface area contributed by atoms with E-state index in [1.807, 2.05) is 41.3 Å². The standard InChI is InChI=1S/C45H50FN7O4/c46-38-7-3-2-6-37(38)45(18-23-52(24-19-45)34-25-39(49-47-26-34)36-5-1-4-8-40(36)54)43(57)53-29-44(30-53)27-50(28-44)20-15-31-16-21-51(22-17-31)33-11-9-32(10-12-33)35-13-14-41(55)48-42(35)56/h1-12,25-26,31,35,54H,13-24,27-30H2,(H,48,55,56)/t35-/m1/s1. The fraction of sp³-hybridized carbons (Fsp3) is 0.444. The van der Waals surface area contributed by atoms with Crippen LogP contribution in [0.15, 0.2) is 85.1 Å². The molecule has 12 heteroatoms. The van der Waals surface area contributed by atoms with Gasteiger partial charge in [-0.25, -0.2) is 4.39 Å². The van der Waals surface area contributed by atoms with E-state index < -0.39 is 5.41 Å². The fourth-order valence-corrected chi connectivity index (χ4v) is 10.2. The molecule has 6 heterocycles. The van der Waals surface area contributed by atoms with Crippen LogP contribution >= 0.6 is 0 Å². The molecule has 0 radical (unpaired) electrons. The predicted octanol–water partition coefficient (Wildman–Crippen LogP) is 5.50. The number of carbonyl (C=O) groups excluding carboxylic acids is 3. The molecule has 5 fully saturated rings. The molecule has 0 aliphatic carbocycles. The molecule has 1 spiro atoms. The van der Waals surface area contributed by atoms with Gasteiger partial charge < -0.3 is 24.7 Å². The van der Waals surface area contributed by atoms with E-state index in [9.17, 15) is 19.5 Å². The second-order valence-electron chi connectivity index (χ2n) is 17.1. The Morgan fingerprint density at radius 2 is 1.54 bits per heavy atom. The molecule has 296 valence electrons. The summed E-state index contributed by atoms with van der Waals surface area (Å²) in [7, 11) is 0. The first-order valence-corrected chi connectivity index (χ1v) is 20.5. The first kappa shape index (κ1) is 37.2. The number of likely N-dealkylation sites (tertiary alicyclic amines) is 2. The molecule has 3 amide bonds. The number of phenols is 1. The van der Waals surface area contributed by atoms with Gasteiger partial charge in [0.05, 0.1) is 28.9 Å². The van der Waals surface area contributed by atoms with Gasteiger partial charge in [0.15, 0.2) is 0 Å². The Balaban J connectivity index is 0.759. The minimum absolute atomic E-state index is 0.0384. The molecule has 5 saturated heterocycles. The Morgan fingerprint density at radius 3 is 2.26 bits per heavy atom. The molecule has 2 N–H and O–H groups in total. The number of aromatic nitrogens is 2. The fourth-order valence-electron chi connectivity index (χ4n) is 10.2. The van der Waals surface area contributed by atoms with Crippen LogP contribution < -0.4 is 15.1 Å². The quantitative estimate of drug-likeness (QED) is 0.213. The number of piperidine rings is 3. The van der Waals surface area contributed by atoms with Crippen molar-refractivity contribution in [3.05, 3.63) is 102 Å². The van der Waals surface area contributed by atoms with Crippen LogP contribution in [0.1, 0.15) is 62.0 Å². The molecule has 0 saturated carbocycles. The number of benzene rings is 3. The molecule has 4 aromatic rings. The van der Waals surface area contributed by atoms with Crippen LogP contribution in [0.25, 0.3) is 11.3 Å². The largest absolute Gasteiger partial charge is 0.507 e. The van der Waals surface area contributed by atoms with Crippen LogP contribution in [0.4, 0.5) is 15.8 Å². The number of imide groups is 1. The van der Waals surface area contributed by atoms with Gasteiger partial charge in [-0.15, -0.1) is 0 Å². The Hall–Kier alpha value is -5.36. The monoisotopic (exact) mass is 771 g/mol. The minimum Gasteiger partial charge on any atom is -0.507 e. The molecule has 5 aliphatic rings. The van der Waals surface area contributed by atoms with Crippen LogP contribution in [-0.4, -0.2) is 102 Å². The number of nitrogens with one attached hydrogen (secondary N) is 1. The van der Waals surface area contributed by atoms with Gasteiger partial charge in [0.2, 0.25) is 17.7 Å². The third-order valence-electron chi connectivity index (χ3n) is 13.4. The van der Waals surface area contributed by atoms with Gasteiger partial charge in [0.1, 0.15) is 11.6 Å². The number of carbonyl (C=O) groups is 3. The third-order valence-corrected chi connectivity index (χ3v) is 13.4. The number of aromatic hydroxyl groups is 1. The second-order valence-corrected chi connectivity index (χ2v) is 17.1. The van der Waals surface area contributed by atoms with Crippen molar-refractivity contribution in [2.24, 2.45) is 11.3 Å². The summed E-state index contributed by atoms with van der Waals surface area (Å²) >= 11 is 0. The number of phenolic OH excluding ortho intramolecular Hbond substituents is 1. The maximum absolute atomic E-state index is 15.5. The average Bonchev–Trinajstić information content (AvgIpc) is 3.20. The predicted molar refractivity (Wildman–Crippen MR) is 215 cm³/mol. The highest BCUT2D eigenvalue weighted by atomic mass is 19.1. The van der Waals surface area contributed by atoms with Crippen molar-refractivity contribution in [3.8, 4) is 17.0 Å². The van der Waals surface area contributed by atoms with Crippen molar-refractivity contribution in [1.82, 2.24) is 25.3 Å². The van der Waals surface area contributed by atoms with E-state index in [4.69, 9.17) is 0 Å². The first-order valence-electron chi connectivity index (χ1n) is 20.5. The van der Waals surface area contributed by atoms with E-state index in [1.165, 1.54) is 18.2 Å². The Labute approximate surface area is 332 Å². The normalized spacial score (nSPS) is 22.2. The van der Waals surface area contributed by atoms with Gasteiger partial charge in [-0.3, -0.25) is 19.7 Å². The number of hydrogen-bond donors (Lipinski definition) is 2. The molecular formula is C45H50FN7O4. The lowest BCUT2D eigenvalue weighted by Crippen LogP contribution is -2.74. The lowest BCUT2D eigenvalue weighted by atomic mass is 9.67. The van der Waals surface area contributed by atoms with E-state index in [1.54, 1.807) is 30.5 Å². The summed E-state index contributed by atoms with van der Waals surface area (Å²) < 4.78 is 15.5. The molecule has 0 unspecified atom stereocenters. The number of para-hydroxylation sites is 1. The number of rotatable bonds is 9. The highest BCUT2D eigenvalue weighted by Gasteiger charge is 2.57. The van der Waals surface area contributed by atoms with Crippen molar-refractivity contribution in [1.29, 1.82) is 0 Å². The molecular weight excluding hydrogens is 722 g/mol. The van der Waals surface area contributed by atoms with Gasteiger partial charge in [-0.05, 0) is 92.9 Å². The maximum Gasteiger partial charge on any atom is 0.234 e. The Bertz CT molecular complexity index is 2130. The number of nitrogens with zero attached hydrogens (tertiary/aromatic N) is 6. The van der Waals surface area contributed by atoms with E-state index in [0.717, 1.165) is 69.9 Å². The molecule has 1 atom stereocenters. The summed E-state index contributed by atoms with van der Waals surface area (Å²) in [6, 6.07) is 24.0. The summed E-state index contributed by atoms with van der Waals surface area (Å²) in [5.41, 5.74) is 3.89. The molecule has 11 nitrogen and oxygen atoms in total. The van der Waals surface area contributed by atoms with Crippen LogP contribution in [0.2, 0.25) is 0 Å². The lowest BCUT2D eigenvalue weighted by Gasteiger charge is -2.62. The van der Waals surface area contributed by atoms with Crippen molar-refractivity contribution in [3.63, 3.8) is 0 Å². The zero-order valence-corrected chi connectivity index (χ0v) is 32.3. The van der Waals surface area contributed by atoms with E-state index in [2.05, 4.69) is 42.3 Å². The highest BCUT2D eigenvalue weighted by Crippen LogP contribution is 2.46. The van der Waals surface area contributed by atoms with Gasteiger partial charge in [0.25, 0.3) is 0 Å². The van der Waals surface area contributed by atoms with E-state index in [-0.39, 0.29) is 40.6 Å². The average molecular weight is 772 g/mol. The van der Waals surface area contributed by atoms with Gasteiger partial charge in [-0.1, -0.05) is 42.5 Å². The van der Waals surface area contributed by atoms with Crippen molar-refractivity contribution >= 4 is 29.1 Å². The zero-order chi connectivity index (χ0) is 39.1. The van der Waals surface area contributed by atoms with E-state index >= 15 is 4.39 Å². The molecule has 3 aromatic carbocycles. The number of halogens is 1. The highest BCUT2D eigenvalue weighted by molar-refractivity contribution is 6.01. The molecule has 0 bridgehead atoms. The van der Waals surface area contributed by atoms with Crippen LogP contribution in [-0.2, 0) is 19.8 Å². The number of hydrogen-bond acceptors (Lipinski definition) is 9. The SMILES string of the molecule is O=C1CC[C@H](c2ccc(N3CCC(CCN4CC5(C4)CN(C(=O)C4(c6ccccc6F)CCN(c6cnnc(-c7ccccc7O)c6)CC4)C5)CC3)cc2)C(=O)N1.